The lowest BCUT2D eigenvalue weighted by molar-refractivity contribution is -0.192. The van der Waals surface area contributed by atoms with Crippen molar-refractivity contribution in [3.63, 3.8) is 0 Å². The first kappa shape index (κ1) is 55.7. The lowest BCUT2D eigenvalue weighted by Crippen LogP contribution is -2.78. The minimum Gasteiger partial charge on any atom is -0.504 e. The summed E-state index contributed by atoms with van der Waals surface area (Å²) in [5.41, 5.74) is 29.1. The second-order valence-corrected chi connectivity index (χ2v) is 22.1. The smallest absolute Gasteiger partial charge is 0.249 e. The third-order valence-corrected chi connectivity index (χ3v) is 15.6. The SMILES string of the molecule is CC(C)C[C@@H](N)C(=O)N[C@H](CCCN=C(N)N)C(=O)N[C@H](CCCN=C(N)N)C(=O)N[C@H](CC(C)C)C(=O)NC(=O)[C@@H](Cc1ccccc1)N[C@@H]1CCC2(O)[C@@H]3Cc4ccc(O)c5c4C2(CCN3CC2CC2)[C@@H]1O5. The molecule has 74 heavy (non-hydrogen) atoms. The fraction of sp³-hybridized carbons (Fsp3) is 0.642. The molecule has 17 N–H and O–H groups in total. The molecule has 21 heteroatoms. The number of piperidine rings is 1. The second-order valence-electron chi connectivity index (χ2n) is 22.1. The molecule has 5 amide bonds. The largest absolute Gasteiger partial charge is 0.504 e. The highest BCUT2D eigenvalue weighted by Crippen LogP contribution is 2.65. The van der Waals surface area contributed by atoms with Crippen LogP contribution in [0, 0.1) is 17.8 Å². The number of phenolic OH excluding ortho intramolecular Hbond substituents is 1. The molecule has 2 heterocycles. The van der Waals surface area contributed by atoms with Crippen LogP contribution in [0.4, 0.5) is 0 Å². The minimum atomic E-state index is -1.23. The highest BCUT2D eigenvalue weighted by atomic mass is 16.5. The Kier molecular flexibility index (Phi) is 18.1. The van der Waals surface area contributed by atoms with E-state index in [-0.39, 0.29) is 80.7 Å². The number of guanidine groups is 2. The molecule has 21 nitrogen and oxygen atoms in total. The Balaban J connectivity index is 1.10. The first-order valence-corrected chi connectivity index (χ1v) is 26.6. The van der Waals surface area contributed by atoms with Crippen molar-refractivity contribution in [3.05, 3.63) is 59.2 Å². The zero-order chi connectivity index (χ0) is 53.5. The van der Waals surface area contributed by atoms with Crippen molar-refractivity contribution in [3.8, 4) is 11.5 Å². The Labute approximate surface area is 434 Å². The standard InChI is InChI=1S/C53H81N13O8/c1-29(2)24-34(54)45(68)62-36(12-8-21-59-50(55)56)46(69)63-37(13-9-22-60-51(57)58)47(70)64-38(25-30(3)4)48(71)65-49(72)39(26-31-10-6-5-7-11-31)61-35-18-19-53(73)41-27-33-16-17-40(67)43-42(33)52(53,44(35)74-43)20-23-66(41)28-32-14-15-32/h5-7,10-11,16-17,29-30,32,34-39,41,44,61,67,73H,8-9,12-15,18-28,54H2,1-4H3,(H,62,68)(H,63,69)(H,64,70)(H4,55,56,59)(H4,57,58,60)(H,65,71,72)/t34-,35-,36-,37-,38-,39-,41+,44-,52?,53?/m1/s1. The van der Waals surface area contributed by atoms with Gasteiger partial charge in [0.15, 0.2) is 23.4 Å². The van der Waals surface area contributed by atoms with Crippen molar-refractivity contribution in [1.82, 2.24) is 31.5 Å². The summed E-state index contributed by atoms with van der Waals surface area (Å²) in [6.07, 6.45) is 5.31. The molecular weight excluding hydrogens is 947 g/mol. The Morgan fingerprint density at radius 1 is 0.757 bits per heavy atom. The summed E-state index contributed by atoms with van der Waals surface area (Å²) < 4.78 is 6.81. The van der Waals surface area contributed by atoms with Gasteiger partial charge in [-0.25, -0.2) is 0 Å². The zero-order valence-electron chi connectivity index (χ0n) is 43.5. The number of aliphatic imine (C=N–C) groups is 2. The van der Waals surface area contributed by atoms with Gasteiger partial charge in [0.1, 0.15) is 24.2 Å². The van der Waals surface area contributed by atoms with Gasteiger partial charge in [-0.15, -0.1) is 0 Å². The van der Waals surface area contributed by atoms with Gasteiger partial charge in [-0.3, -0.25) is 49.5 Å². The molecule has 2 aromatic rings. The van der Waals surface area contributed by atoms with Gasteiger partial charge in [0.2, 0.25) is 29.5 Å². The van der Waals surface area contributed by atoms with E-state index in [9.17, 15) is 34.2 Å². The summed E-state index contributed by atoms with van der Waals surface area (Å²) >= 11 is 0. The number of aromatic hydroxyl groups is 1. The fourth-order valence-corrected chi connectivity index (χ4v) is 12.0. The molecule has 5 aliphatic rings. The van der Waals surface area contributed by atoms with Gasteiger partial charge < -0.3 is 59.6 Å². The molecule has 2 bridgehead atoms. The van der Waals surface area contributed by atoms with Gasteiger partial charge in [0.25, 0.3) is 0 Å². The van der Waals surface area contributed by atoms with Crippen LogP contribution in [0.1, 0.15) is 115 Å². The highest BCUT2D eigenvalue weighted by Gasteiger charge is 2.73. The average molecular weight is 1030 g/mol. The molecule has 1 spiro atoms. The number of nitrogens with two attached hydrogens (primary N) is 5. The van der Waals surface area contributed by atoms with E-state index in [0.717, 1.165) is 29.8 Å². The number of amides is 5. The number of benzene rings is 2. The number of likely N-dealkylation sites (tertiary alicyclic amines) is 1. The highest BCUT2D eigenvalue weighted by molar-refractivity contribution is 6.02. The quantitative estimate of drug-likeness (QED) is 0.0339. The van der Waals surface area contributed by atoms with Gasteiger partial charge in [-0.05, 0) is 125 Å². The fourth-order valence-electron chi connectivity index (χ4n) is 12.0. The van der Waals surface area contributed by atoms with E-state index in [1.165, 1.54) is 12.8 Å². The maximum Gasteiger partial charge on any atom is 0.249 e. The first-order chi connectivity index (χ1) is 35.2. The van der Waals surface area contributed by atoms with E-state index in [4.69, 9.17) is 33.4 Å². The van der Waals surface area contributed by atoms with E-state index >= 15 is 0 Å². The lowest BCUT2D eigenvalue weighted by atomic mass is 9.48. The number of aliphatic hydroxyl groups is 1. The maximum atomic E-state index is 14.8. The van der Waals surface area contributed by atoms with Crippen LogP contribution >= 0.6 is 0 Å². The molecule has 2 aliphatic heterocycles. The van der Waals surface area contributed by atoms with Gasteiger partial charge in [-0.2, -0.15) is 0 Å². The average Bonchev–Trinajstić information content (AvgIpc) is 4.09. The van der Waals surface area contributed by atoms with Crippen LogP contribution in [-0.4, -0.2) is 137 Å². The summed E-state index contributed by atoms with van der Waals surface area (Å²) in [6, 6.07) is 7.01. The van der Waals surface area contributed by atoms with Crippen LogP contribution in [-0.2, 0) is 42.2 Å². The molecule has 2 aromatic carbocycles. The third kappa shape index (κ3) is 12.9. The number of carbonyl (C=O) groups is 5. The molecule has 3 fully saturated rings. The number of imide groups is 1. The van der Waals surface area contributed by atoms with Crippen LogP contribution in [0.5, 0.6) is 11.5 Å². The van der Waals surface area contributed by atoms with Crippen molar-refractivity contribution in [2.24, 2.45) is 56.4 Å². The van der Waals surface area contributed by atoms with Crippen LogP contribution in [0.3, 0.4) is 0 Å². The van der Waals surface area contributed by atoms with Gasteiger partial charge in [-0.1, -0.05) is 64.1 Å². The molecule has 1 saturated heterocycles. The van der Waals surface area contributed by atoms with Crippen LogP contribution in [0.15, 0.2) is 52.4 Å². The molecule has 2 saturated carbocycles. The zero-order valence-corrected chi connectivity index (χ0v) is 43.5. The number of ether oxygens (including phenoxy) is 1. The Hall–Kier alpha value is -6.03. The molecule has 2 unspecified atom stereocenters. The molecule has 0 radical (unpaired) electrons. The number of rotatable bonds is 26. The van der Waals surface area contributed by atoms with Crippen molar-refractivity contribution in [2.75, 3.05) is 26.2 Å². The predicted molar refractivity (Wildman–Crippen MR) is 281 cm³/mol. The molecule has 0 aromatic heterocycles. The summed E-state index contributed by atoms with van der Waals surface area (Å²) in [5.74, 6) is -2.58. The summed E-state index contributed by atoms with van der Waals surface area (Å²) in [5, 5.41) is 38.9. The van der Waals surface area contributed by atoms with E-state index < -0.39 is 82.9 Å². The van der Waals surface area contributed by atoms with Crippen molar-refractivity contribution < 1.29 is 38.9 Å². The van der Waals surface area contributed by atoms with Crippen LogP contribution < -0.4 is 60.0 Å². The van der Waals surface area contributed by atoms with E-state index in [1.807, 2.05) is 64.1 Å². The summed E-state index contributed by atoms with van der Waals surface area (Å²) in [4.78, 5) is 81.4. The maximum absolute atomic E-state index is 14.8. The number of nitrogens with zero attached hydrogens (tertiary/aromatic N) is 3. The van der Waals surface area contributed by atoms with E-state index in [2.05, 4.69) is 41.5 Å². The second kappa shape index (κ2) is 24.1. The molecule has 7 rings (SSSR count). The monoisotopic (exact) mass is 1030 g/mol. The van der Waals surface area contributed by atoms with Crippen molar-refractivity contribution in [2.45, 2.75) is 171 Å². The van der Waals surface area contributed by atoms with Crippen LogP contribution in [0.2, 0.25) is 0 Å². The van der Waals surface area contributed by atoms with Gasteiger partial charge >= 0.3 is 0 Å². The third-order valence-electron chi connectivity index (χ3n) is 15.6. The Morgan fingerprint density at radius 3 is 1.95 bits per heavy atom. The minimum absolute atomic E-state index is 0.0124. The topological polar surface area (TPSA) is 353 Å². The number of hydrogen-bond acceptors (Lipinski definition) is 13. The first-order valence-electron chi connectivity index (χ1n) is 26.6. The lowest BCUT2D eigenvalue weighted by Gasteiger charge is -2.64. The van der Waals surface area contributed by atoms with E-state index in [1.54, 1.807) is 6.07 Å². The van der Waals surface area contributed by atoms with Crippen molar-refractivity contribution >= 4 is 41.5 Å². The normalized spacial score (nSPS) is 24.5. The molecule has 10 atom stereocenters. The Bertz CT molecular complexity index is 2390. The Morgan fingerprint density at radius 2 is 1.35 bits per heavy atom. The van der Waals surface area contributed by atoms with Crippen molar-refractivity contribution in [1.29, 1.82) is 0 Å². The number of nitrogens with one attached hydrogen (secondary N) is 5. The van der Waals surface area contributed by atoms with Crippen LogP contribution in [0.25, 0.3) is 0 Å². The number of carbonyl (C=O) groups excluding carboxylic acids is 5. The predicted octanol–water partition coefficient (Wildman–Crippen LogP) is 0.150. The van der Waals surface area contributed by atoms with Gasteiger partial charge in [0.05, 0.1) is 23.1 Å². The van der Waals surface area contributed by atoms with Gasteiger partial charge in [0, 0.05) is 37.3 Å². The molecular formula is C53H81N13O8. The van der Waals surface area contributed by atoms with E-state index in [0.29, 0.717) is 50.2 Å². The summed E-state index contributed by atoms with van der Waals surface area (Å²) in [6.45, 7) is 9.61. The summed E-state index contributed by atoms with van der Waals surface area (Å²) in [7, 11) is 0. The number of phenols is 1. The molecule has 406 valence electrons. The molecule has 3 aliphatic carbocycles. The number of hydrogen-bond donors (Lipinski definition) is 12.